The summed E-state index contributed by atoms with van der Waals surface area (Å²) in [6, 6.07) is 26.3. The van der Waals surface area contributed by atoms with Crippen LogP contribution < -0.4 is 10.7 Å². The minimum absolute atomic E-state index is 0.146. The molecular weight excluding hydrogens is 330 g/mol. The Kier molecular flexibility index (Phi) is 4.16. The molecular formula is C21H18ClN3. The van der Waals surface area contributed by atoms with Gasteiger partial charge in [0.15, 0.2) is 0 Å². The fourth-order valence-corrected chi connectivity index (χ4v) is 3.25. The van der Waals surface area contributed by atoms with Crippen LogP contribution in [0.3, 0.4) is 0 Å². The summed E-state index contributed by atoms with van der Waals surface area (Å²) in [5.41, 5.74) is 11.0. The van der Waals surface area contributed by atoms with E-state index in [-0.39, 0.29) is 6.04 Å². The van der Waals surface area contributed by atoms with Crippen molar-refractivity contribution < 1.29 is 0 Å². The van der Waals surface area contributed by atoms with Gasteiger partial charge in [0.05, 0.1) is 17.4 Å². The van der Waals surface area contributed by atoms with E-state index in [9.17, 15) is 0 Å². The molecule has 3 nitrogen and oxygen atoms in total. The molecule has 1 heterocycles. The Balaban J connectivity index is 1.73. The van der Waals surface area contributed by atoms with E-state index in [0.717, 1.165) is 34.1 Å². The minimum atomic E-state index is 0.146. The van der Waals surface area contributed by atoms with Crippen LogP contribution in [0.1, 0.15) is 23.6 Å². The Morgan fingerprint density at radius 3 is 2.24 bits per heavy atom. The lowest BCUT2D eigenvalue weighted by Crippen LogP contribution is -2.18. The van der Waals surface area contributed by atoms with Crippen LogP contribution in [-0.2, 0) is 0 Å². The highest BCUT2D eigenvalue weighted by Gasteiger charge is 2.29. The predicted octanol–water partition coefficient (Wildman–Crippen LogP) is 5.28. The number of nitrogens with two attached hydrogens (primary N) is 1. The van der Waals surface area contributed by atoms with Crippen LogP contribution in [0, 0.1) is 0 Å². The topological polar surface area (TPSA) is 41.6 Å². The third kappa shape index (κ3) is 3.24. The molecule has 0 aliphatic carbocycles. The normalized spacial score (nSPS) is 16.8. The molecule has 25 heavy (non-hydrogen) atoms. The molecule has 4 heteroatoms. The third-order valence-corrected chi connectivity index (χ3v) is 4.68. The summed E-state index contributed by atoms with van der Waals surface area (Å²) >= 11 is 6.06. The molecule has 0 radical (unpaired) electrons. The molecule has 3 aromatic rings. The number of para-hydroxylation sites is 1. The number of rotatable bonds is 3. The molecule has 1 aliphatic heterocycles. The predicted molar refractivity (Wildman–Crippen MR) is 105 cm³/mol. The lowest BCUT2D eigenvalue weighted by atomic mass is 9.98. The van der Waals surface area contributed by atoms with Crippen LogP contribution in [0.5, 0.6) is 0 Å². The second-order valence-corrected chi connectivity index (χ2v) is 6.56. The molecule has 0 bridgehead atoms. The van der Waals surface area contributed by atoms with Gasteiger partial charge in [0.1, 0.15) is 0 Å². The second-order valence-electron chi connectivity index (χ2n) is 6.12. The van der Waals surface area contributed by atoms with Gasteiger partial charge in [-0.2, -0.15) is 5.10 Å². The number of halogens is 1. The van der Waals surface area contributed by atoms with Gasteiger partial charge in [0.25, 0.3) is 0 Å². The number of anilines is 2. The van der Waals surface area contributed by atoms with Crippen molar-refractivity contribution in [1.29, 1.82) is 0 Å². The van der Waals surface area contributed by atoms with Crippen molar-refractivity contribution in [2.24, 2.45) is 5.10 Å². The first-order valence-corrected chi connectivity index (χ1v) is 8.61. The van der Waals surface area contributed by atoms with Gasteiger partial charge < -0.3 is 5.73 Å². The van der Waals surface area contributed by atoms with Crippen molar-refractivity contribution in [2.75, 3.05) is 10.7 Å². The highest BCUT2D eigenvalue weighted by Crippen LogP contribution is 2.36. The average molecular weight is 348 g/mol. The summed E-state index contributed by atoms with van der Waals surface area (Å²) in [6.07, 6.45) is 0.834. The maximum atomic E-state index is 6.06. The summed E-state index contributed by atoms with van der Waals surface area (Å²) in [5.74, 6) is 0. The van der Waals surface area contributed by atoms with Crippen LogP contribution in [0.25, 0.3) is 0 Å². The number of benzene rings is 3. The number of hydrogen-bond donors (Lipinski definition) is 1. The number of hydrazone groups is 1. The van der Waals surface area contributed by atoms with Crippen LogP contribution >= 0.6 is 11.6 Å². The number of nitrogens with zero attached hydrogens (tertiary/aromatic N) is 2. The number of hydrogen-bond acceptors (Lipinski definition) is 3. The maximum absolute atomic E-state index is 6.06. The van der Waals surface area contributed by atoms with E-state index in [1.165, 1.54) is 5.56 Å². The molecule has 0 spiro atoms. The van der Waals surface area contributed by atoms with Gasteiger partial charge in [0, 0.05) is 17.1 Å². The molecule has 0 amide bonds. The zero-order valence-corrected chi connectivity index (χ0v) is 14.4. The van der Waals surface area contributed by atoms with E-state index in [1.807, 2.05) is 54.6 Å². The highest BCUT2D eigenvalue weighted by atomic mass is 35.5. The molecule has 0 fully saturated rings. The van der Waals surface area contributed by atoms with Crippen molar-refractivity contribution in [2.45, 2.75) is 12.5 Å². The first kappa shape index (κ1) is 15.7. The maximum Gasteiger partial charge on any atom is 0.0831 e. The monoisotopic (exact) mass is 347 g/mol. The van der Waals surface area contributed by atoms with E-state index in [1.54, 1.807) is 0 Å². The lowest BCUT2D eigenvalue weighted by Gasteiger charge is -2.24. The van der Waals surface area contributed by atoms with Crippen molar-refractivity contribution in [3.8, 4) is 0 Å². The first-order valence-electron chi connectivity index (χ1n) is 8.24. The molecule has 3 aromatic carbocycles. The van der Waals surface area contributed by atoms with Gasteiger partial charge in [-0.1, -0.05) is 54.1 Å². The SMILES string of the molecule is Nc1ccc(C2=NN(c3ccccc3)C(c3ccc(Cl)cc3)C2)cc1. The summed E-state index contributed by atoms with van der Waals surface area (Å²) in [6.45, 7) is 0. The van der Waals surface area contributed by atoms with Crippen LogP contribution in [-0.4, -0.2) is 5.71 Å². The Bertz CT molecular complexity index is 887. The molecule has 0 saturated heterocycles. The molecule has 0 saturated carbocycles. The van der Waals surface area contributed by atoms with Gasteiger partial charge in [0.2, 0.25) is 0 Å². The lowest BCUT2D eigenvalue weighted by molar-refractivity contribution is 0.709. The summed E-state index contributed by atoms with van der Waals surface area (Å²) in [4.78, 5) is 0. The minimum Gasteiger partial charge on any atom is -0.399 e. The molecule has 4 rings (SSSR count). The van der Waals surface area contributed by atoms with Gasteiger partial charge >= 0.3 is 0 Å². The Morgan fingerprint density at radius 1 is 0.880 bits per heavy atom. The van der Waals surface area contributed by atoms with E-state index >= 15 is 0 Å². The van der Waals surface area contributed by atoms with Crippen molar-refractivity contribution >= 4 is 28.7 Å². The van der Waals surface area contributed by atoms with E-state index in [2.05, 4.69) is 29.3 Å². The fraction of sp³-hybridized carbons (Fsp3) is 0.0952. The van der Waals surface area contributed by atoms with Crippen molar-refractivity contribution in [3.63, 3.8) is 0 Å². The average Bonchev–Trinajstić information content (AvgIpc) is 3.09. The zero-order valence-electron chi connectivity index (χ0n) is 13.6. The van der Waals surface area contributed by atoms with E-state index in [4.69, 9.17) is 22.4 Å². The summed E-state index contributed by atoms with van der Waals surface area (Å²) in [7, 11) is 0. The van der Waals surface area contributed by atoms with E-state index < -0.39 is 0 Å². The zero-order chi connectivity index (χ0) is 17.2. The van der Waals surface area contributed by atoms with Gasteiger partial charge in [-0.3, -0.25) is 5.01 Å². The largest absolute Gasteiger partial charge is 0.399 e. The Hall–Kier alpha value is -2.78. The third-order valence-electron chi connectivity index (χ3n) is 4.43. The highest BCUT2D eigenvalue weighted by molar-refractivity contribution is 6.30. The van der Waals surface area contributed by atoms with Crippen molar-refractivity contribution in [1.82, 2.24) is 0 Å². The molecule has 2 N–H and O–H groups in total. The molecule has 1 aliphatic rings. The first-order chi connectivity index (χ1) is 12.2. The van der Waals surface area contributed by atoms with Gasteiger partial charge in [-0.25, -0.2) is 0 Å². The Labute approximate surface area is 152 Å². The summed E-state index contributed by atoms with van der Waals surface area (Å²) in [5, 5.41) is 7.75. The number of nitrogen functional groups attached to an aromatic ring is 1. The van der Waals surface area contributed by atoms with Crippen LogP contribution in [0.4, 0.5) is 11.4 Å². The van der Waals surface area contributed by atoms with Gasteiger partial charge in [-0.05, 0) is 47.5 Å². The van der Waals surface area contributed by atoms with Gasteiger partial charge in [-0.15, -0.1) is 0 Å². The smallest absolute Gasteiger partial charge is 0.0831 e. The quantitative estimate of drug-likeness (QED) is 0.655. The molecule has 1 atom stereocenters. The molecule has 1 unspecified atom stereocenters. The van der Waals surface area contributed by atoms with Crippen LogP contribution in [0.2, 0.25) is 5.02 Å². The molecule has 0 aromatic heterocycles. The fourth-order valence-electron chi connectivity index (χ4n) is 3.12. The Morgan fingerprint density at radius 2 is 1.56 bits per heavy atom. The van der Waals surface area contributed by atoms with Crippen molar-refractivity contribution in [3.05, 3.63) is 95.0 Å². The van der Waals surface area contributed by atoms with E-state index in [0.29, 0.717) is 0 Å². The second kappa shape index (κ2) is 6.61. The summed E-state index contributed by atoms with van der Waals surface area (Å²) < 4.78 is 0. The van der Waals surface area contributed by atoms with Crippen LogP contribution in [0.15, 0.2) is 84.0 Å². The molecule has 124 valence electrons. The standard InChI is InChI=1S/C21H18ClN3/c22-17-10-6-16(7-11-17)21-14-20(15-8-12-18(23)13-9-15)24-25(21)19-4-2-1-3-5-19/h1-13,21H,14,23H2.